The smallest absolute Gasteiger partial charge is 0.275 e. The Labute approximate surface area is 164 Å². The molecule has 0 saturated heterocycles. The molecule has 1 atom stereocenters. The van der Waals surface area contributed by atoms with Crippen molar-refractivity contribution in [2.45, 2.75) is 12.0 Å². The zero-order valence-electron chi connectivity index (χ0n) is 15.4. The lowest BCUT2D eigenvalue weighted by atomic mass is 9.83. The van der Waals surface area contributed by atoms with Crippen LogP contribution in [0.3, 0.4) is 0 Å². The predicted molar refractivity (Wildman–Crippen MR) is 101 cm³/mol. The lowest BCUT2D eigenvalue weighted by Crippen LogP contribution is -2.45. The Balaban J connectivity index is 1.93. The number of benzene rings is 2. The molecule has 148 valence electrons. The minimum Gasteiger partial charge on any atom is -0.502 e. The number of rotatable bonds is 3. The summed E-state index contributed by atoms with van der Waals surface area (Å²) in [6.45, 7) is 0.223. The summed E-state index contributed by atoms with van der Waals surface area (Å²) in [5, 5.41) is 14.3. The molecule has 1 unspecified atom stereocenters. The maximum absolute atomic E-state index is 13.5. The van der Waals surface area contributed by atoms with E-state index >= 15 is 0 Å². The van der Waals surface area contributed by atoms with Crippen molar-refractivity contribution in [1.29, 1.82) is 0 Å². The molecule has 1 amide bonds. The Kier molecular flexibility index (Phi) is 4.62. The minimum absolute atomic E-state index is 0.203. The molecule has 1 aromatic heterocycles. The first-order chi connectivity index (χ1) is 13.9. The highest BCUT2D eigenvalue weighted by atomic mass is 19.1. The van der Waals surface area contributed by atoms with Gasteiger partial charge in [-0.25, -0.2) is 8.78 Å². The van der Waals surface area contributed by atoms with E-state index in [0.29, 0.717) is 0 Å². The van der Waals surface area contributed by atoms with Crippen molar-refractivity contribution in [3.05, 3.63) is 93.4 Å². The summed E-state index contributed by atoms with van der Waals surface area (Å²) < 4.78 is 28.3. The number of halogens is 2. The second-order valence-corrected chi connectivity index (χ2v) is 6.98. The number of carbonyl (C=O) groups is 1. The number of nitrogens with zero attached hydrogens (tertiary/aromatic N) is 3. The summed E-state index contributed by atoms with van der Waals surface area (Å²) in [5.74, 6) is -2.44. The molecule has 1 N–H and O–H groups in total. The van der Waals surface area contributed by atoms with E-state index in [4.69, 9.17) is 0 Å². The number of carbonyl (C=O) groups excluding carboxylic acids is 1. The van der Waals surface area contributed by atoms with Gasteiger partial charge in [0.2, 0.25) is 5.43 Å². The number of aromatic hydroxyl groups is 1. The van der Waals surface area contributed by atoms with E-state index < -0.39 is 40.7 Å². The molecule has 0 saturated carbocycles. The fourth-order valence-corrected chi connectivity index (χ4v) is 3.75. The van der Waals surface area contributed by atoms with Crippen LogP contribution in [0.4, 0.5) is 8.78 Å². The molecule has 4 rings (SSSR count). The average molecular weight is 397 g/mol. The van der Waals surface area contributed by atoms with Crippen molar-refractivity contribution >= 4 is 5.91 Å². The van der Waals surface area contributed by atoms with Crippen LogP contribution in [0.1, 0.15) is 33.6 Å². The maximum atomic E-state index is 13.5. The predicted octanol–water partition coefficient (Wildman–Crippen LogP) is 2.69. The number of hydrogen-bond acceptors (Lipinski definition) is 4. The van der Waals surface area contributed by atoms with Crippen molar-refractivity contribution in [3.63, 3.8) is 0 Å². The number of fused-ring (bicyclic) bond motifs is 1. The Hall–Kier alpha value is -3.55. The first-order valence-corrected chi connectivity index (χ1v) is 8.94. The monoisotopic (exact) mass is 397 g/mol. The van der Waals surface area contributed by atoms with Crippen molar-refractivity contribution in [3.8, 4) is 5.75 Å². The quantitative estimate of drug-likeness (QED) is 0.737. The van der Waals surface area contributed by atoms with Crippen LogP contribution < -0.4 is 5.43 Å². The van der Waals surface area contributed by atoms with Crippen LogP contribution in [-0.2, 0) is 0 Å². The van der Waals surface area contributed by atoms with Crippen LogP contribution in [0.25, 0.3) is 0 Å². The van der Waals surface area contributed by atoms with Gasteiger partial charge >= 0.3 is 0 Å². The van der Waals surface area contributed by atoms with Crippen LogP contribution in [-0.4, -0.2) is 39.3 Å². The van der Waals surface area contributed by atoms with E-state index in [2.05, 4.69) is 5.10 Å². The summed E-state index contributed by atoms with van der Waals surface area (Å²) >= 11 is 0. The van der Waals surface area contributed by atoms with Gasteiger partial charge < -0.3 is 10.0 Å². The summed E-state index contributed by atoms with van der Waals surface area (Å²) in [4.78, 5) is 25.8. The second-order valence-electron chi connectivity index (χ2n) is 6.98. The van der Waals surface area contributed by atoms with E-state index in [9.17, 15) is 23.5 Å². The Morgan fingerprint density at radius 3 is 2.03 bits per heavy atom. The molecule has 2 aromatic carbocycles. The zero-order valence-corrected chi connectivity index (χ0v) is 15.4. The third-order valence-corrected chi connectivity index (χ3v) is 5.15. The van der Waals surface area contributed by atoms with Crippen molar-refractivity contribution in [2.75, 3.05) is 13.6 Å². The van der Waals surface area contributed by atoms with Gasteiger partial charge in [-0.05, 0) is 35.4 Å². The summed E-state index contributed by atoms with van der Waals surface area (Å²) in [5.41, 5.74) is 0.484. The van der Waals surface area contributed by atoms with E-state index in [1.807, 2.05) is 0 Å². The first-order valence-electron chi connectivity index (χ1n) is 8.94. The summed E-state index contributed by atoms with van der Waals surface area (Å²) in [6, 6.07) is 11.2. The molecule has 1 aliphatic heterocycles. The fraction of sp³-hybridized carbons (Fsp3) is 0.190. The van der Waals surface area contributed by atoms with E-state index in [1.54, 1.807) is 31.3 Å². The van der Waals surface area contributed by atoms with E-state index in [0.717, 1.165) is 17.3 Å². The van der Waals surface area contributed by atoms with Gasteiger partial charge in [-0.15, -0.1) is 0 Å². The molecule has 0 aliphatic carbocycles. The van der Waals surface area contributed by atoms with Crippen molar-refractivity contribution in [2.24, 2.45) is 0 Å². The van der Waals surface area contributed by atoms with Gasteiger partial charge in [0.1, 0.15) is 11.6 Å². The normalized spacial score (nSPS) is 16.2. The van der Waals surface area contributed by atoms with Crippen LogP contribution in [0, 0.1) is 11.6 Å². The zero-order chi connectivity index (χ0) is 20.7. The molecule has 0 radical (unpaired) electrons. The molecule has 2 heterocycles. The van der Waals surface area contributed by atoms with Crippen molar-refractivity contribution in [1.82, 2.24) is 14.7 Å². The second kappa shape index (κ2) is 7.12. The Morgan fingerprint density at radius 2 is 1.52 bits per heavy atom. The third kappa shape index (κ3) is 3.26. The first kappa shape index (κ1) is 18.8. The molecule has 1 aliphatic rings. The molecule has 0 fully saturated rings. The third-order valence-electron chi connectivity index (χ3n) is 5.15. The van der Waals surface area contributed by atoms with Crippen LogP contribution in [0.5, 0.6) is 5.75 Å². The highest BCUT2D eigenvalue weighted by Crippen LogP contribution is 2.39. The summed E-state index contributed by atoms with van der Waals surface area (Å²) in [7, 11) is 1.56. The van der Waals surface area contributed by atoms with Crippen LogP contribution in [0.15, 0.2) is 59.5 Å². The summed E-state index contributed by atoms with van der Waals surface area (Å²) in [6.07, 6.45) is 0.955. The number of likely N-dealkylation sites (N-methyl/N-ethyl adjacent to an activating group) is 1. The highest BCUT2D eigenvalue weighted by molar-refractivity contribution is 5.95. The van der Waals surface area contributed by atoms with Gasteiger partial charge in [0.05, 0.1) is 12.2 Å². The number of amides is 1. The van der Waals surface area contributed by atoms with Gasteiger partial charge in [-0.1, -0.05) is 24.3 Å². The van der Waals surface area contributed by atoms with E-state index in [1.165, 1.54) is 33.8 Å². The molecule has 0 spiro atoms. The van der Waals surface area contributed by atoms with Gasteiger partial charge in [-0.2, -0.15) is 5.10 Å². The van der Waals surface area contributed by atoms with Gasteiger partial charge in [0, 0.05) is 19.5 Å². The van der Waals surface area contributed by atoms with Crippen LogP contribution >= 0.6 is 0 Å². The topological polar surface area (TPSA) is 75.4 Å². The van der Waals surface area contributed by atoms with Gasteiger partial charge in [0.25, 0.3) is 5.91 Å². The Bertz CT molecular complexity index is 1080. The molecule has 29 heavy (non-hydrogen) atoms. The van der Waals surface area contributed by atoms with Crippen molar-refractivity contribution < 1.29 is 18.7 Å². The van der Waals surface area contributed by atoms with Gasteiger partial charge in [0.15, 0.2) is 11.4 Å². The largest absolute Gasteiger partial charge is 0.502 e. The fourth-order valence-electron chi connectivity index (χ4n) is 3.75. The van der Waals surface area contributed by atoms with Crippen LogP contribution in [0.2, 0.25) is 0 Å². The molecule has 6 nitrogen and oxygen atoms in total. The molecular weight excluding hydrogens is 380 g/mol. The Morgan fingerprint density at radius 1 is 1.00 bits per heavy atom. The minimum atomic E-state index is -0.751. The average Bonchev–Trinajstić information content (AvgIpc) is 2.71. The molecular formula is C21H17F2N3O3. The number of hydrogen-bond donors (Lipinski definition) is 1. The SMILES string of the molecule is CN1CC(C(c2ccc(F)cc2)c2ccc(F)cc2)n2ncc(=O)c(O)c2C1=O. The maximum Gasteiger partial charge on any atom is 0.275 e. The number of aromatic nitrogens is 2. The standard InChI is InChI=1S/C21H17F2N3O3/c1-25-11-16(26-19(21(25)29)20(28)17(27)10-24-26)18(12-2-6-14(22)7-3-12)13-4-8-15(23)9-5-13/h2-10,16,18,28H,11H2,1H3. The molecule has 3 aromatic rings. The molecule has 0 bridgehead atoms. The lowest BCUT2D eigenvalue weighted by molar-refractivity contribution is 0.0686. The van der Waals surface area contributed by atoms with E-state index in [-0.39, 0.29) is 12.2 Å². The highest BCUT2D eigenvalue weighted by Gasteiger charge is 2.38. The lowest BCUT2D eigenvalue weighted by Gasteiger charge is -2.37. The van der Waals surface area contributed by atoms with Gasteiger partial charge in [-0.3, -0.25) is 14.3 Å². The molecule has 8 heteroatoms.